The molecule has 5 heteroatoms. The van der Waals surface area contributed by atoms with E-state index in [1.165, 1.54) is 0 Å². The quantitative estimate of drug-likeness (QED) is 0.774. The van der Waals surface area contributed by atoms with Gasteiger partial charge in [-0.25, -0.2) is 0 Å². The molecule has 0 N–H and O–H groups in total. The average molecular weight is 225 g/mol. The minimum absolute atomic E-state index is 0.275. The van der Waals surface area contributed by atoms with E-state index in [4.69, 9.17) is 9.26 Å². The molecule has 90 valence electrons. The Balaban J connectivity index is 1.93. The molecule has 16 heavy (non-hydrogen) atoms. The van der Waals surface area contributed by atoms with Gasteiger partial charge in [0.15, 0.2) is 5.82 Å². The first kappa shape index (κ1) is 11.5. The van der Waals surface area contributed by atoms with Crippen LogP contribution >= 0.6 is 0 Å². The molecule has 0 amide bonds. The van der Waals surface area contributed by atoms with E-state index in [1.54, 1.807) is 0 Å². The number of morpholine rings is 1. The van der Waals surface area contributed by atoms with Crippen molar-refractivity contribution in [2.24, 2.45) is 0 Å². The summed E-state index contributed by atoms with van der Waals surface area (Å²) in [7, 11) is 0. The molecule has 1 fully saturated rings. The van der Waals surface area contributed by atoms with Crippen molar-refractivity contribution in [2.45, 2.75) is 45.9 Å². The third kappa shape index (κ3) is 2.80. The zero-order valence-corrected chi connectivity index (χ0v) is 10.1. The number of nitrogens with zero attached hydrogens (tertiary/aromatic N) is 3. The van der Waals surface area contributed by atoms with Crippen LogP contribution in [0.3, 0.4) is 0 Å². The summed E-state index contributed by atoms with van der Waals surface area (Å²) in [6.45, 7) is 8.78. The highest BCUT2D eigenvalue weighted by Gasteiger charge is 2.23. The second kappa shape index (κ2) is 4.93. The summed E-state index contributed by atoms with van der Waals surface area (Å²) in [5.41, 5.74) is 0. The van der Waals surface area contributed by atoms with Gasteiger partial charge < -0.3 is 9.26 Å². The Labute approximate surface area is 95.8 Å². The van der Waals surface area contributed by atoms with Crippen molar-refractivity contribution in [3.8, 4) is 0 Å². The van der Waals surface area contributed by atoms with E-state index in [0.29, 0.717) is 5.89 Å². The van der Waals surface area contributed by atoms with Crippen molar-refractivity contribution in [2.75, 3.05) is 13.1 Å². The van der Waals surface area contributed by atoms with Crippen LogP contribution in [-0.4, -0.2) is 40.3 Å². The molecule has 2 unspecified atom stereocenters. The topological polar surface area (TPSA) is 51.4 Å². The van der Waals surface area contributed by atoms with Crippen molar-refractivity contribution in [3.05, 3.63) is 11.7 Å². The normalized spacial score (nSPS) is 27.2. The maximum absolute atomic E-state index is 5.67. The highest BCUT2D eigenvalue weighted by Crippen LogP contribution is 2.13. The highest BCUT2D eigenvalue weighted by atomic mass is 16.5. The second-order valence-corrected chi connectivity index (χ2v) is 4.41. The molecular weight excluding hydrogens is 206 g/mol. The van der Waals surface area contributed by atoms with E-state index >= 15 is 0 Å². The Kier molecular flexibility index (Phi) is 3.56. The van der Waals surface area contributed by atoms with Crippen LogP contribution < -0.4 is 0 Å². The lowest BCUT2D eigenvalue weighted by atomic mass is 10.2. The predicted molar refractivity (Wildman–Crippen MR) is 59.0 cm³/mol. The lowest BCUT2D eigenvalue weighted by molar-refractivity contribution is -0.0725. The molecule has 1 aromatic heterocycles. The van der Waals surface area contributed by atoms with E-state index < -0.39 is 0 Å². The number of aromatic nitrogens is 2. The highest BCUT2D eigenvalue weighted by molar-refractivity contribution is 4.87. The maximum Gasteiger partial charge on any atom is 0.240 e. The summed E-state index contributed by atoms with van der Waals surface area (Å²) in [5.74, 6) is 1.49. The van der Waals surface area contributed by atoms with Gasteiger partial charge in [0.25, 0.3) is 0 Å². The standard InChI is InChI=1S/C11H19N3O2/c1-4-10-12-11(16-13-10)7-14-5-8(2)15-9(3)6-14/h8-9H,4-7H2,1-3H3. The molecule has 0 aromatic carbocycles. The number of aryl methyl sites for hydroxylation is 1. The smallest absolute Gasteiger partial charge is 0.240 e. The van der Waals surface area contributed by atoms with Crippen LogP contribution in [0, 0.1) is 0 Å². The molecule has 2 heterocycles. The summed E-state index contributed by atoms with van der Waals surface area (Å²) in [5, 5.41) is 3.89. The van der Waals surface area contributed by atoms with Gasteiger partial charge >= 0.3 is 0 Å². The van der Waals surface area contributed by atoms with Gasteiger partial charge in [-0.2, -0.15) is 4.98 Å². The molecule has 2 atom stereocenters. The van der Waals surface area contributed by atoms with Crippen molar-refractivity contribution < 1.29 is 9.26 Å². The van der Waals surface area contributed by atoms with Crippen molar-refractivity contribution in [1.29, 1.82) is 0 Å². The Morgan fingerprint density at radius 1 is 1.31 bits per heavy atom. The summed E-state index contributed by atoms with van der Waals surface area (Å²) >= 11 is 0. The van der Waals surface area contributed by atoms with Gasteiger partial charge in [-0.3, -0.25) is 4.90 Å². The van der Waals surface area contributed by atoms with Gasteiger partial charge in [0.2, 0.25) is 5.89 Å². The van der Waals surface area contributed by atoms with Crippen LogP contribution in [-0.2, 0) is 17.7 Å². The molecule has 2 rings (SSSR count). The fraction of sp³-hybridized carbons (Fsp3) is 0.818. The Bertz CT molecular complexity index is 330. The predicted octanol–water partition coefficient (Wildman–Crippen LogP) is 1.24. The maximum atomic E-state index is 5.67. The Morgan fingerprint density at radius 3 is 2.56 bits per heavy atom. The molecule has 0 aliphatic carbocycles. The summed E-state index contributed by atoms with van der Waals surface area (Å²) < 4.78 is 10.9. The van der Waals surface area contributed by atoms with Gasteiger partial charge in [0, 0.05) is 19.5 Å². The first-order valence-corrected chi connectivity index (χ1v) is 5.86. The van der Waals surface area contributed by atoms with E-state index in [1.807, 2.05) is 6.92 Å². The first-order chi connectivity index (χ1) is 7.67. The first-order valence-electron chi connectivity index (χ1n) is 5.86. The van der Waals surface area contributed by atoms with Crippen molar-refractivity contribution in [3.63, 3.8) is 0 Å². The zero-order chi connectivity index (χ0) is 11.5. The van der Waals surface area contributed by atoms with Crippen LogP contribution in [0.25, 0.3) is 0 Å². The van der Waals surface area contributed by atoms with E-state index in [9.17, 15) is 0 Å². The Hall–Kier alpha value is -0.940. The molecule has 0 radical (unpaired) electrons. The molecule has 1 aliphatic rings. The monoisotopic (exact) mass is 225 g/mol. The zero-order valence-electron chi connectivity index (χ0n) is 10.1. The summed E-state index contributed by atoms with van der Waals surface area (Å²) in [4.78, 5) is 6.61. The average Bonchev–Trinajstić information content (AvgIpc) is 2.64. The van der Waals surface area contributed by atoms with Gasteiger partial charge in [0.1, 0.15) is 0 Å². The number of hydrogen-bond donors (Lipinski definition) is 0. The number of ether oxygens (including phenoxy) is 1. The Morgan fingerprint density at radius 2 is 2.00 bits per heavy atom. The van der Waals surface area contributed by atoms with Crippen molar-refractivity contribution >= 4 is 0 Å². The molecule has 1 saturated heterocycles. The third-order valence-corrected chi connectivity index (χ3v) is 2.68. The molecule has 0 saturated carbocycles. The molecule has 1 aromatic rings. The minimum Gasteiger partial charge on any atom is -0.373 e. The largest absolute Gasteiger partial charge is 0.373 e. The van der Waals surface area contributed by atoms with Crippen LogP contribution in [0.2, 0.25) is 0 Å². The molecule has 1 aliphatic heterocycles. The summed E-state index contributed by atoms with van der Waals surface area (Å²) in [6, 6.07) is 0. The second-order valence-electron chi connectivity index (χ2n) is 4.41. The summed E-state index contributed by atoms with van der Waals surface area (Å²) in [6.07, 6.45) is 1.37. The molecule has 0 spiro atoms. The van der Waals surface area contributed by atoms with E-state index in [-0.39, 0.29) is 12.2 Å². The van der Waals surface area contributed by atoms with Gasteiger partial charge in [0.05, 0.1) is 18.8 Å². The lowest BCUT2D eigenvalue weighted by Gasteiger charge is -2.34. The van der Waals surface area contributed by atoms with Gasteiger partial charge in [-0.15, -0.1) is 0 Å². The van der Waals surface area contributed by atoms with E-state index in [0.717, 1.165) is 31.9 Å². The molecule has 0 bridgehead atoms. The lowest BCUT2D eigenvalue weighted by Crippen LogP contribution is -2.44. The molecule has 5 nitrogen and oxygen atoms in total. The van der Waals surface area contributed by atoms with E-state index in [2.05, 4.69) is 28.9 Å². The number of rotatable bonds is 3. The van der Waals surface area contributed by atoms with Crippen LogP contribution in [0.5, 0.6) is 0 Å². The fourth-order valence-corrected chi connectivity index (χ4v) is 2.10. The SMILES string of the molecule is CCc1noc(CN2CC(C)OC(C)C2)n1. The fourth-order valence-electron chi connectivity index (χ4n) is 2.10. The number of hydrogen-bond acceptors (Lipinski definition) is 5. The minimum atomic E-state index is 0.275. The van der Waals surface area contributed by atoms with Crippen LogP contribution in [0.15, 0.2) is 4.52 Å². The molecular formula is C11H19N3O2. The third-order valence-electron chi connectivity index (χ3n) is 2.68. The van der Waals surface area contributed by atoms with Gasteiger partial charge in [-0.1, -0.05) is 12.1 Å². The van der Waals surface area contributed by atoms with Gasteiger partial charge in [-0.05, 0) is 13.8 Å². The van der Waals surface area contributed by atoms with Crippen molar-refractivity contribution in [1.82, 2.24) is 15.0 Å². The van der Waals surface area contributed by atoms with Crippen LogP contribution in [0.1, 0.15) is 32.5 Å². The van der Waals surface area contributed by atoms with Crippen LogP contribution in [0.4, 0.5) is 0 Å².